The number of hydrogen-bond donors (Lipinski definition) is 1. The van der Waals surface area contributed by atoms with Gasteiger partial charge in [-0.15, -0.1) is 0 Å². The van der Waals surface area contributed by atoms with Crippen LogP contribution < -0.4 is 9.47 Å². The van der Waals surface area contributed by atoms with E-state index in [0.717, 1.165) is 47.3 Å². The van der Waals surface area contributed by atoms with E-state index >= 15 is 4.39 Å². The molecule has 0 aliphatic heterocycles. The molecule has 5 rings (SSSR count). The summed E-state index contributed by atoms with van der Waals surface area (Å²) in [7, 11) is 1.59. The van der Waals surface area contributed by atoms with Crippen LogP contribution in [0, 0.1) is 16.6 Å². The van der Waals surface area contributed by atoms with Crippen molar-refractivity contribution in [2.45, 2.75) is 65.9 Å². The molecule has 0 heterocycles. The molecule has 39 heavy (non-hydrogen) atoms. The van der Waals surface area contributed by atoms with Crippen LogP contribution in [0.5, 0.6) is 11.5 Å². The van der Waals surface area contributed by atoms with Crippen molar-refractivity contribution in [3.05, 3.63) is 88.7 Å². The van der Waals surface area contributed by atoms with Gasteiger partial charge in [-0.1, -0.05) is 52.0 Å². The van der Waals surface area contributed by atoms with E-state index in [1.807, 2.05) is 24.3 Å². The summed E-state index contributed by atoms with van der Waals surface area (Å²) in [5, 5.41) is 9.49. The highest BCUT2D eigenvalue weighted by molar-refractivity contribution is 5.85. The summed E-state index contributed by atoms with van der Waals surface area (Å²) in [6.45, 7) is 9.09. The number of carboxylic acids is 1. The molecule has 4 nitrogen and oxygen atoms in total. The van der Waals surface area contributed by atoms with Gasteiger partial charge in [-0.2, -0.15) is 0 Å². The Bertz CT molecular complexity index is 1450. The van der Waals surface area contributed by atoms with Gasteiger partial charge < -0.3 is 14.6 Å². The molecule has 5 heteroatoms. The maximum atomic E-state index is 15.1. The molecule has 0 radical (unpaired) electrons. The second-order valence-corrected chi connectivity index (χ2v) is 12.2. The second kappa shape index (κ2) is 10.2. The van der Waals surface area contributed by atoms with E-state index in [4.69, 9.17) is 9.47 Å². The Morgan fingerprint density at radius 2 is 1.74 bits per heavy atom. The van der Waals surface area contributed by atoms with Crippen LogP contribution in [-0.2, 0) is 17.8 Å². The number of allylic oxidation sites excluding steroid dienone is 2. The number of rotatable bonds is 8. The Morgan fingerprint density at radius 1 is 0.974 bits per heavy atom. The lowest BCUT2D eigenvalue weighted by Crippen LogP contribution is -2.20. The summed E-state index contributed by atoms with van der Waals surface area (Å²) in [6, 6.07) is 17.0. The van der Waals surface area contributed by atoms with E-state index < -0.39 is 5.97 Å². The molecule has 2 aliphatic rings. The molecule has 3 aromatic rings. The van der Waals surface area contributed by atoms with Crippen molar-refractivity contribution < 1.29 is 23.8 Å². The highest BCUT2D eigenvalue weighted by Gasteiger charge is 2.40. The molecule has 0 amide bonds. The number of carbonyl (C=O) groups is 1. The highest BCUT2D eigenvalue weighted by Crippen LogP contribution is 2.50. The van der Waals surface area contributed by atoms with Crippen molar-refractivity contribution in [1.82, 2.24) is 0 Å². The van der Waals surface area contributed by atoms with Crippen molar-refractivity contribution in [2.24, 2.45) is 10.8 Å². The lowest BCUT2D eigenvalue weighted by molar-refractivity contribution is -0.138. The number of fused-ring (bicyclic) bond motifs is 1. The van der Waals surface area contributed by atoms with Crippen LogP contribution in [0.3, 0.4) is 0 Å². The van der Waals surface area contributed by atoms with Crippen LogP contribution in [0.2, 0.25) is 0 Å². The third-order valence-corrected chi connectivity index (χ3v) is 8.55. The van der Waals surface area contributed by atoms with Crippen LogP contribution in [0.1, 0.15) is 75.1 Å². The summed E-state index contributed by atoms with van der Waals surface area (Å²) in [6.07, 6.45) is 5.28. The van der Waals surface area contributed by atoms with Crippen LogP contribution in [0.4, 0.5) is 4.39 Å². The Labute approximate surface area is 230 Å². The molecule has 0 spiro atoms. The first-order valence-corrected chi connectivity index (χ1v) is 13.6. The zero-order valence-corrected chi connectivity index (χ0v) is 23.4. The predicted octanol–water partition coefficient (Wildman–Crippen LogP) is 8.42. The molecule has 2 aliphatic carbocycles. The summed E-state index contributed by atoms with van der Waals surface area (Å²) in [5.74, 6) is 0.233. The third kappa shape index (κ3) is 5.32. The number of halogens is 1. The lowest BCUT2D eigenvalue weighted by atomic mass is 9.78. The molecule has 1 N–H and O–H groups in total. The largest absolute Gasteiger partial charge is 0.497 e. The fourth-order valence-corrected chi connectivity index (χ4v) is 6.35. The molecule has 0 bridgehead atoms. The van der Waals surface area contributed by atoms with E-state index in [-0.39, 0.29) is 29.0 Å². The summed E-state index contributed by atoms with van der Waals surface area (Å²) < 4.78 is 26.7. The van der Waals surface area contributed by atoms with E-state index in [9.17, 15) is 9.90 Å². The molecule has 0 fully saturated rings. The van der Waals surface area contributed by atoms with Crippen molar-refractivity contribution in [3.63, 3.8) is 0 Å². The Hall–Kier alpha value is -3.60. The molecule has 3 aromatic carbocycles. The Morgan fingerprint density at radius 3 is 2.44 bits per heavy atom. The van der Waals surface area contributed by atoms with Gasteiger partial charge in [0.05, 0.1) is 13.5 Å². The zero-order chi connectivity index (χ0) is 27.9. The minimum atomic E-state index is -0.781. The fraction of sp³-hybridized carbons (Fsp3) is 0.382. The first kappa shape index (κ1) is 27.0. The van der Waals surface area contributed by atoms with Crippen molar-refractivity contribution in [2.75, 3.05) is 7.11 Å². The first-order chi connectivity index (χ1) is 18.5. The highest BCUT2D eigenvalue weighted by atomic mass is 19.1. The van der Waals surface area contributed by atoms with Crippen molar-refractivity contribution >= 4 is 11.5 Å². The first-order valence-electron chi connectivity index (χ1n) is 13.6. The monoisotopic (exact) mass is 528 g/mol. The number of carboxylic acid groups (broad SMARTS) is 1. The average Bonchev–Trinajstić information content (AvgIpc) is 3.37. The minimum absolute atomic E-state index is 0.0183. The van der Waals surface area contributed by atoms with Crippen LogP contribution in [0.15, 0.2) is 60.7 Å². The number of hydrogen-bond acceptors (Lipinski definition) is 3. The SMILES string of the molecule is COc1ccc(F)c(-c2ccc(COc3ccc4c(c3)[C@@H](CC(=O)O)C(C)(C)C4)cc2C2=CCCC2(C)C)c1. The molecule has 0 aromatic heterocycles. The van der Waals surface area contributed by atoms with Gasteiger partial charge in [0.25, 0.3) is 0 Å². The van der Waals surface area contributed by atoms with Crippen LogP contribution in [0.25, 0.3) is 16.7 Å². The van der Waals surface area contributed by atoms with Crippen molar-refractivity contribution in [3.8, 4) is 22.6 Å². The third-order valence-electron chi connectivity index (χ3n) is 8.55. The van der Waals surface area contributed by atoms with E-state index in [2.05, 4.69) is 45.9 Å². The van der Waals surface area contributed by atoms with E-state index in [1.165, 1.54) is 17.2 Å². The quantitative estimate of drug-likeness (QED) is 0.319. The van der Waals surface area contributed by atoms with Crippen LogP contribution in [-0.4, -0.2) is 18.2 Å². The smallest absolute Gasteiger partial charge is 0.303 e. The fourth-order valence-electron chi connectivity index (χ4n) is 6.35. The Kier molecular flexibility index (Phi) is 7.04. The Balaban J connectivity index is 1.46. The van der Waals surface area contributed by atoms with Gasteiger partial charge in [0.2, 0.25) is 0 Å². The molecular formula is C34H37FO4. The van der Waals surface area contributed by atoms with Gasteiger partial charge in [-0.25, -0.2) is 4.39 Å². The van der Waals surface area contributed by atoms with Gasteiger partial charge in [0.15, 0.2) is 0 Å². The lowest BCUT2D eigenvalue weighted by Gasteiger charge is -2.26. The van der Waals surface area contributed by atoms with Gasteiger partial charge in [-0.05, 0) is 99.9 Å². The molecule has 0 saturated carbocycles. The number of benzene rings is 3. The maximum Gasteiger partial charge on any atom is 0.303 e. The average molecular weight is 529 g/mol. The summed E-state index contributed by atoms with van der Waals surface area (Å²) >= 11 is 0. The predicted molar refractivity (Wildman–Crippen MR) is 153 cm³/mol. The molecule has 0 unspecified atom stereocenters. The standard InChI is InChI=1S/C34H37FO4/c1-33(2)14-6-7-29(33)27-15-21(8-12-25(27)28-16-23(38-5)11-13-31(28)35)20-39-24-10-9-22-19-34(3,4)30(18-32(36)37)26(22)17-24/h7-13,15-17,30H,6,14,18-20H2,1-5H3,(H,36,37)/t30-/m1/s1. The van der Waals surface area contributed by atoms with E-state index in [1.54, 1.807) is 19.2 Å². The topological polar surface area (TPSA) is 55.8 Å². The van der Waals surface area contributed by atoms with Gasteiger partial charge in [0.1, 0.15) is 23.9 Å². The number of methoxy groups -OCH3 is 1. The summed E-state index contributed by atoms with van der Waals surface area (Å²) in [4.78, 5) is 11.6. The van der Waals surface area contributed by atoms with Crippen LogP contribution >= 0.6 is 0 Å². The summed E-state index contributed by atoms with van der Waals surface area (Å²) in [5.41, 5.74) is 6.72. The van der Waals surface area contributed by atoms with Gasteiger partial charge in [-0.3, -0.25) is 4.79 Å². The minimum Gasteiger partial charge on any atom is -0.497 e. The molecule has 204 valence electrons. The van der Waals surface area contributed by atoms with E-state index in [0.29, 0.717) is 17.9 Å². The molecule has 0 saturated heterocycles. The molecular weight excluding hydrogens is 491 g/mol. The van der Waals surface area contributed by atoms with Gasteiger partial charge >= 0.3 is 5.97 Å². The number of aliphatic carboxylic acids is 1. The van der Waals surface area contributed by atoms with Crippen molar-refractivity contribution in [1.29, 1.82) is 0 Å². The van der Waals surface area contributed by atoms with Gasteiger partial charge in [0, 0.05) is 11.5 Å². The normalized spacial score (nSPS) is 18.9. The molecule has 1 atom stereocenters. The zero-order valence-electron chi connectivity index (χ0n) is 23.4. The number of ether oxygens (including phenoxy) is 2. The second-order valence-electron chi connectivity index (χ2n) is 12.2. The maximum absolute atomic E-state index is 15.1.